The average Bonchev–Trinajstić information content (AvgIpc) is 3.32. The van der Waals surface area contributed by atoms with Crippen molar-refractivity contribution in [3.63, 3.8) is 0 Å². The molecule has 2 heterocycles. The second-order valence-corrected chi connectivity index (χ2v) is 6.72. The minimum Gasteiger partial charge on any atom is -0.490 e. The molecule has 25 heavy (non-hydrogen) atoms. The molecule has 1 saturated heterocycles. The number of ether oxygens (including phenoxy) is 2. The monoisotopic (exact) mass is 341 g/mol. The number of aromatic amines is 1. The van der Waals surface area contributed by atoms with Crippen LogP contribution in [0.4, 0.5) is 0 Å². The van der Waals surface area contributed by atoms with E-state index in [0.717, 1.165) is 44.5 Å². The van der Waals surface area contributed by atoms with Crippen molar-refractivity contribution in [1.29, 1.82) is 0 Å². The fraction of sp³-hybridized carbons (Fsp3) is 0.474. The van der Waals surface area contributed by atoms with E-state index < -0.39 is 0 Å². The van der Waals surface area contributed by atoms with Crippen LogP contribution in [0.15, 0.2) is 35.3 Å². The van der Waals surface area contributed by atoms with E-state index in [-0.39, 0.29) is 17.4 Å². The van der Waals surface area contributed by atoms with Crippen LogP contribution >= 0.6 is 0 Å². The number of benzene rings is 1. The molecule has 132 valence electrons. The SMILES string of the molecule is COc1cnc(C2CCCN2Cc2ccccc2OC2CC2)[nH]c1=O. The molecule has 1 aromatic carbocycles. The van der Waals surface area contributed by atoms with Gasteiger partial charge in [0, 0.05) is 12.1 Å². The van der Waals surface area contributed by atoms with Crippen LogP contribution in [0.2, 0.25) is 0 Å². The smallest absolute Gasteiger partial charge is 0.293 e. The second-order valence-electron chi connectivity index (χ2n) is 6.72. The van der Waals surface area contributed by atoms with Crippen LogP contribution in [-0.2, 0) is 6.54 Å². The van der Waals surface area contributed by atoms with Crippen molar-refractivity contribution in [1.82, 2.24) is 14.9 Å². The number of hydrogen-bond acceptors (Lipinski definition) is 5. The van der Waals surface area contributed by atoms with Gasteiger partial charge < -0.3 is 14.5 Å². The molecule has 0 bridgehead atoms. The highest BCUT2D eigenvalue weighted by atomic mass is 16.5. The number of rotatable bonds is 6. The molecule has 1 N–H and O–H groups in total. The van der Waals surface area contributed by atoms with Crippen molar-refractivity contribution in [3.05, 3.63) is 52.2 Å². The number of para-hydroxylation sites is 1. The molecule has 4 rings (SSSR count). The van der Waals surface area contributed by atoms with Crippen molar-refractivity contribution >= 4 is 0 Å². The molecule has 1 unspecified atom stereocenters. The van der Waals surface area contributed by atoms with Gasteiger partial charge in [0.05, 0.1) is 25.5 Å². The second kappa shape index (κ2) is 6.88. The normalized spacial score (nSPS) is 20.6. The van der Waals surface area contributed by atoms with Gasteiger partial charge in [-0.2, -0.15) is 0 Å². The van der Waals surface area contributed by atoms with Crippen LogP contribution in [-0.4, -0.2) is 34.6 Å². The third-order valence-electron chi connectivity index (χ3n) is 4.85. The Morgan fingerprint density at radius 2 is 2.08 bits per heavy atom. The topological polar surface area (TPSA) is 67.5 Å². The van der Waals surface area contributed by atoms with E-state index in [2.05, 4.69) is 20.9 Å². The van der Waals surface area contributed by atoms with E-state index in [4.69, 9.17) is 9.47 Å². The van der Waals surface area contributed by atoms with Gasteiger partial charge in [-0.3, -0.25) is 9.69 Å². The minimum absolute atomic E-state index is 0.118. The molecule has 6 nitrogen and oxygen atoms in total. The molecule has 1 saturated carbocycles. The van der Waals surface area contributed by atoms with Gasteiger partial charge in [-0.15, -0.1) is 0 Å². The maximum absolute atomic E-state index is 12.0. The number of methoxy groups -OCH3 is 1. The van der Waals surface area contributed by atoms with Crippen LogP contribution in [0.25, 0.3) is 0 Å². The molecule has 0 amide bonds. The minimum atomic E-state index is -0.225. The van der Waals surface area contributed by atoms with Gasteiger partial charge in [0.25, 0.3) is 5.56 Å². The quantitative estimate of drug-likeness (QED) is 0.875. The summed E-state index contributed by atoms with van der Waals surface area (Å²) in [5.74, 6) is 1.94. The number of likely N-dealkylation sites (tertiary alicyclic amines) is 1. The molecule has 6 heteroatoms. The molecule has 2 aliphatic rings. The summed E-state index contributed by atoms with van der Waals surface area (Å²) in [4.78, 5) is 21.7. The first-order valence-corrected chi connectivity index (χ1v) is 8.86. The third kappa shape index (κ3) is 3.54. The van der Waals surface area contributed by atoms with Crippen molar-refractivity contribution in [2.45, 2.75) is 44.4 Å². The first-order valence-electron chi connectivity index (χ1n) is 8.86. The summed E-state index contributed by atoms with van der Waals surface area (Å²) in [5.41, 5.74) is 0.967. The summed E-state index contributed by atoms with van der Waals surface area (Å²) in [5, 5.41) is 0. The van der Waals surface area contributed by atoms with E-state index in [9.17, 15) is 4.79 Å². The summed E-state index contributed by atoms with van der Waals surface area (Å²) in [6, 6.07) is 8.36. The van der Waals surface area contributed by atoms with Crippen LogP contribution in [0.5, 0.6) is 11.5 Å². The molecule has 1 atom stereocenters. The van der Waals surface area contributed by atoms with Gasteiger partial charge in [-0.25, -0.2) is 4.98 Å². The van der Waals surface area contributed by atoms with Gasteiger partial charge in [-0.1, -0.05) is 18.2 Å². The molecule has 1 aromatic heterocycles. The standard InChI is InChI=1S/C19H23N3O3/c1-24-17-11-20-18(21-19(17)23)15-6-4-10-22(15)12-13-5-2-3-7-16(13)25-14-8-9-14/h2-3,5,7,11,14-15H,4,6,8-10,12H2,1H3,(H,20,21,23). The molecule has 2 aromatic rings. The lowest BCUT2D eigenvalue weighted by Gasteiger charge is -2.24. The van der Waals surface area contributed by atoms with E-state index in [1.165, 1.54) is 18.9 Å². The predicted octanol–water partition coefficient (Wildman–Crippen LogP) is 2.66. The highest BCUT2D eigenvalue weighted by molar-refractivity contribution is 5.34. The maximum Gasteiger partial charge on any atom is 0.293 e. The third-order valence-corrected chi connectivity index (χ3v) is 4.85. The Labute approximate surface area is 146 Å². The van der Waals surface area contributed by atoms with E-state index in [1.54, 1.807) is 0 Å². The number of hydrogen-bond donors (Lipinski definition) is 1. The predicted molar refractivity (Wildman–Crippen MR) is 93.9 cm³/mol. The molecular weight excluding hydrogens is 318 g/mol. The number of nitrogens with one attached hydrogen (secondary N) is 1. The molecule has 1 aliphatic carbocycles. The highest BCUT2D eigenvalue weighted by Gasteiger charge is 2.30. The fourth-order valence-electron chi connectivity index (χ4n) is 3.37. The zero-order valence-corrected chi connectivity index (χ0v) is 14.4. The van der Waals surface area contributed by atoms with Crippen LogP contribution in [0.3, 0.4) is 0 Å². The Bertz CT molecular complexity index is 800. The van der Waals surface area contributed by atoms with Gasteiger partial charge in [0.15, 0.2) is 0 Å². The first kappa shape index (κ1) is 16.1. The molecule has 2 fully saturated rings. The summed E-state index contributed by atoms with van der Waals surface area (Å²) < 4.78 is 11.0. The zero-order chi connectivity index (χ0) is 17.2. The Morgan fingerprint density at radius 3 is 2.84 bits per heavy atom. The molecular formula is C19H23N3O3. The van der Waals surface area contributed by atoms with Crippen LogP contribution < -0.4 is 15.0 Å². The van der Waals surface area contributed by atoms with Gasteiger partial charge >= 0.3 is 0 Å². The Kier molecular flexibility index (Phi) is 4.44. The number of H-pyrrole nitrogens is 1. The van der Waals surface area contributed by atoms with Crippen LogP contribution in [0.1, 0.15) is 43.1 Å². The Hall–Kier alpha value is -2.34. The summed E-state index contributed by atoms with van der Waals surface area (Å²) in [7, 11) is 1.48. The highest BCUT2D eigenvalue weighted by Crippen LogP contribution is 2.34. The lowest BCUT2D eigenvalue weighted by molar-refractivity contribution is 0.230. The van der Waals surface area contributed by atoms with E-state index in [0.29, 0.717) is 11.9 Å². The summed E-state index contributed by atoms with van der Waals surface area (Å²) >= 11 is 0. The molecule has 0 spiro atoms. The number of aromatic nitrogens is 2. The van der Waals surface area contributed by atoms with E-state index in [1.807, 2.05) is 18.2 Å². The largest absolute Gasteiger partial charge is 0.490 e. The van der Waals surface area contributed by atoms with Crippen LogP contribution in [0, 0.1) is 0 Å². The average molecular weight is 341 g/mol. The lowest BCUT2D eigenvalue weighted by atomic mass is 10.1. The Morgan fingerprint density at radius 1 is 1.24 bits per heavy atom. The van der Waals surface area contributed by atoms with Crippen molar-refractivity contribution in [2.75, 3.05) is 13.7 Å². The lowest BCUT2D eigenvalue weighted by Crippen LogP contribution is -2.26. The summed E-state index contributed by atoms with van der Waals surface area (Å²) in [6.07, 6.45) is 6.27. The van der Waals surface area contributed by atoms with Crippen molar-refractivity contribution in [3.8, 4) is 11.5 Å². The van der Waals surface area contributed by atoms with E-state index >= 15 is 0 Å². The van der Waals surface area contributed by atoms with Gasteiger partial charge in [-0.05, 0) is 38.3 Å². The van der Waals surface area contributed by atoms with Gasteiger partial charge in [0.2, 0.25) is 5.75 Å². The van der Waals surface area contributed by atoms with Crippen molar-refractivity contribution < 1.29 is 9.47 Å². The van der Waals surface area contributed by atoms with Gasteiger partial charge in [0.1, 0.15) is 11.6 Å². The number of nitrogens with zero attached hydrogens (tertiary/aromatic N) is 2. The van der Waals surface area contributed by atoms with Crippen molar-refractivity contribution in [2.24, 2.45) is 0 Å². The zero-order valence-electron chi connectivity index (χ0n) is 14.4. The fourth-order valence-corrected chi connectivity index (χ4v) is 3.37. The Balaban J connectivity index is 1.54. The first-order chi connectivity index (χ1) is 12.2. The summed E-state index contributed by atoms with van der Waals surface area (Å²) in [6.45, 7) is 1.78. The maximum atomic E-state index is 12.0. The molecule has 1 aliphatic heterocycles. The molecule has 0 radical (unpaired) electrons.